The van der Waals surface area contributed by atoms with Gasteiger partial charge in [0.15, 0.2) is 0 Å². The molecule has 0 saturated carbocycles. The van der Waals surface area contributed by atoms with E-state index >= 15 is 0 Å². The van der Waals surface area contributed by atoms with Crippen molar-refractivity contribution in [2.75, 3.05) is 23.7 Å². The molecule has 3 aromatic rings. The SMILES string of the molecule is CN(c1ccccc1C(=O)NCCSCc1ccc(Cl)c(Cl)c1)S(=O)(=O)c1ccccc1. The molecule has 0 bridgehead atoms. The van der Waals surface area contributed by atoms with Gasteiger partial charge in [0.25, 0.3) is 15.9 Å². The van der Waals surface area contributed by atoms with Gasteiger partial charge in [-0.15, -0.1) is 0 Å². The Morgan fingerprint density at radius 3 is 2.38 bits per heavy atom. The first-order valence-electron chi connectivity index (χ1n) is 9.73. The maximum atomic E-state index is 13.0. The van der Waals surface area contributed by atoms with E-state index in [4.69, 9.17) is 23.2 Å². The van der Waals surface area contributed by atoms with Crippen LogP contribution in [0.4, 0.5) is 5.69 Å². The second kappa shape index (κ2) is 11.1. The zero-order valence-electron chi connectivity index (χ0n) is 17.3. The van der Waals surface area contributed by atoms with Gasteiger partial charge in [0.05, 0.1) is 26.2 Å². The lowest BCUT2D eigenvalue weighted by Crippen LogP contribution is -2.31. The van der Waals surface area contributed by atoms with Gasteiger partial charge in [0, 0.05) is 25.1 Å². The predicted octanol–water partition coefficient (Wildman–Crippen LogP) is 5.48. The van der Waals surface area contributed by atoms with E-state index in [1.54, 1.807) is 60.3 Å². The molecule has 0 radical (unpaired) electrons. The first-order chi connectivity index (χ1) is 15.3. The molecule has 1 amide bonds. The number of nitrogens with one attached hydrogen (secondary N) is 1. The van der Waals surface area contributed by atoms with Gasteiger partial charge in [-0.05, 0) is 42.0 Å². The highest BCUT2D eigenvalue weighted by Crippen LogP contribution is 2.26. The largest absolute Gasteiger partial charge is 0.351 e. The molecular weight excluding hydrogens is 487 g/mol. The molecule has 168 valence electrons. The van der Waals surface area contributed by atoms with Crippen molar-refractivity contribution in [3.63, 3.8) is 0 Å². The maximum absolute atomic E-state index is 13.0. The van der Waals surface area contributed by atoms with E-state index in [-0.39, 0.29) is 10.8 Å². The van der Waals surface area contributed by atoms with E-state index in [1.807, 2.05) is 12.1 Å². The van der Waals surface area contributed by atoms with Crippen molar-refractivity contribution in [1.82, 2.24) is 5.32 Å². The fourth-order valence-electron chi connectivity index (χ4n) is 2.97. The quantitative estimate of drug-likeness (QED) is 0.388. The average molecular weight is 509 g/mol. The lowest BCUT2D eigenvalue weighted by atomic mass is 10.1. The summed E-state index contributed by atoms with van der Waals surface area (Å²) >= 11 is 13.6. The number of amides is 1. The van der Waals surface area contributed by atoms with Crippen molar-refractivity contribution in [2.24, 2.45) is 0 Å². The molecular formula is C23H22Cl2N2O3S2. The van der Waals surface area contributed by atoms with Crippen LogP contribution in [0.2, 0.25) is 10.0 Å². The normalized spacial score (nSPS) is 11.2. The molecule has 5 nitrogen and oxygen atoms in total. The highest BCUT2D eigenvalue weighted by atomic mass is 35.5. The number of hydrogen-bond donors (Lipinski definition) is 1. The van der Waals surface area contributed by atoms with Crippen LogP contribution in [0, 0.1) is 0 Å². The molecule has 0 aliphatic heterocycles. The topological polar surface area (TPSA) is 66.5 Å². The van der Waals surface area contributed by atoms with Crippen LogP contribution in [0.3, 0.4) is 0 Å². The number of carbonyl (C=O) groups excluding carboxylic acids is 1. The molecule has 0 spiro atoms. The van der Waals surface area contributed by atoms with Crippen molar-refractivity contribution in [2.45, 2.75) is 10.6 Å². The molecule has 0 saturated heterocycles. The third kappa shape index (κ3) is 5.98. The average Bonchev–Trinajstić information content (AvgIpc) is 2.81. The Balaban J connectivity index is 1.61. The monoisotopic (exact) mass is 508 g/mol. The van der Waals surface area contributed by atoms with Crippen molar-refractivity contribution >= 4 is 56.6 Å². The van der Waals surface area contributed by atoms with Crippen LogP contribution in [-0.4, -0.2) is 33.7 Å². The zero-order valence-corrected chi connectivity index (χ0v) is 20.4. The van der Waals surface area contributed by atoms with E-state index in [9.17, 15) is 13.2 Å². The number of nitrogens with zero attached hydrogens (tertiary/aromatic N) is 1. The van der Waals surface area contributed by atoms with Gasteiger partial charge in [-0.1, -0.05) is 59.6 Å². The number of halogens is 2. The summed E-state index contributed by atoms with van der Waals surface area (Å²) in [7, 11) is -2.34. The Labute approximate surface area is 202 Å². The summed E-state index contributed by atoms with van der Waals surface area (Å²) in [5.74, 6) is 1.10. The molecule has 0 heterocycles. The van der Waals surface area contributed by atoms with Crippen LogP contribution in [0.5, 0.6) is 0 Å². The minimum Gasteiger partial charge on any atom is -0.351 e. The number of hydrogen-bond acceptors (Lipinski definition) is 4. The first kappa shape index (κ1) is 24.5. The Morgan fingerprint density at radius 2 is 1.66 bits per heavy atom. The molecule has 3 aromatic carbocycles. The van der Waals surface area contributed by atoms with Crippen LogP contribution in [-0.2, 0) is 15.8 Å². The predicted molar refractivity (Wildman–Crippen MR) is 133 cm³/mol. The Bertz CT molecular complexity index is 1190. The molecule has 0 aromatic heterocycles. The number of carbonyl (C=O) groups is 1. The summed E-state index contributed by atoms with van der Waals surface area (Å²) in [5.41, 5.74) is 1.66. The number of sulfonamides is 1. The number of thioether (sulfide) groups is 1. The minimum absolute atomic E-state index is 0.163. The standard InChI is InChI=1S/C23H22Cl2N2O3S2/c1-27(32(29,30)18-7-3-2-4-8-18)22-10-6-5-9-19(22)23(28)26-13-14-31-16-17-11-12-20(24)21(25)15-17/h2-12,15H,13-14,16H2,1H3,(H,26,28). The molecule has 0 fully saturated rings. The number of rotatable bonds is 9. The van der Waals surface area contributed by atoms with Crippen molar-refractivity contribution in [3.8, 4) is 0 Å². The molecule has 1 N–H and O–H groups in total. The second-order valence-corrected chi connectivity index (χ2v) is 10.7. The van der Waals surface area contributed by atoms with Crippen molar-refractivity contribution in [3.05, 3.63) is 94.0 Å². The molecule has 9 heteroatoms. The molecule has 0 aliphatic carbocycles. The summed E-state index contributed by atoms with van der Waals surface area (Å²) in [4.78, 5) is 12.9. The second-order valence-electron chi connectivity index (χ2n) is 6.86. The van der Waals surface area contributed by atoms with E-state index in [0.29, 0.717) is 33.6 Å². The van der Waals surface area contributed by atoms with Gasteiger partial charge in [0.2, 0.25) is 0 Å². The van der Waals surface area contributed by atoms with Gasteiger partial charge >= 0.3 is 0 Å². The van der Waals surface area contributed by atoms with Crippen LogP contribution in [0.25, 0.3) is 0 Å². The fraction of sp³-hybridized carbons (Fsp3) is 0.174. The Kier molecular flexibility index (Phi) is 8.48. The van der Waals surface area contributed by atoms with Crippen molar-refractivity contribution < 1.29 is 13.2 Å². The lowest BCUT2D eigenvalue weighted by Gasteiger charge is -2.22. The smallest absolute Gasteiger partial charge is 0.264 e. The molecule has 0 aliphatic rings. The van der Waals surface area contributed by atoms with Gasteiger partial charge in [-0.2, -0.15) is 11.8 Å². The number of para-hydroxylation sites is 1. The summed E-state index contributed by atoms with van der Waals surface area (Å²) in [6, 6.07) is 20.3. The number of anilines is 1. The van der Waals surface area contributed by atoms with Crippen LogP contribution >= 0.6 is 35.0 Å². The molecule has 3 rings (SSSR count). The van der Waals surface area contributed by atoms with Crippen LogP contribution < -0.4 is 9.62 Å². The van der Waals surface area contributed by atoms with Crippen molar-refractivity contribution in [1.29, 1.82) is 0 Å². The van der Waals surface area contributed by atoms with E-state index < -0.39 is 10.0 Å². The van der Waals surface area contributed by atoms with Gasteiger partial charge in [-0.25, -0.2) is 8.42 Å². The Morgan fingerprint density at radius 1 is 0.969 bits per heavy atom. The molecule has 0 unspecified atom stereocenters. The molecule has 32 heavy (non-hydrogen) atoms. The summed E-state index contributed by atoms with van der Waals surface area (Å²) in [6.07, 6.45) is 0. The highest BCUT2D eigenvalue weighted by Gasteiger charge is 2.24. The fourth-order valence-corrected chi connectivity index (χ4v) is 5.33. The highest BCUT2D eigenvalue weighted by molar-refractivity contribution is 7.98. The molecule has 0 atom stereocenters. The summed E-state index contributed by atoms with van der Waals surface area (Å²) in [5, 5.41) is 3.90. The Hall–Kier alpha value is -2.19. The van der Waals surface area contributed by atoms with Crippen LogP contribution in [0.15, 0.2) is 77.7 Å². The summed E-state index contributed by atoms with van der Waals surface area (Å²) < 4.78 is 27.1. The lowest BCUT2D eigenvalue weighted by molar-refractivity contribution is 0.0957. The van der Waals surface area contributed by atoms with Crippen LogP contribution in [0.1, 0.15) is 15.9 Å². The van der Waals surface area contributed by atoms with E-state index in [1.165, 1.54) is 19.2 Å². The number of benzene rings is 3. The van der Waals surface area contributed by atoms with E-state index in [0.717, 1.165) is 15.6 Å². The van der Waals surface area contributed by atoms with Gasteiger partial charge < -0.3 is 5.32 Å². The summed E-state index contributed by atoms with van der Waals surface area (Å²) in [6.45, 7) is 0.439. The van der Waals surface area contributed by atoms with Gasteiger partial charge in [0.1, 0.15) is 0 Å². The van der Waals surface area contributed by atoms with Gasteiger partial charge in [-0.3, -0.25) is 9.10 Å². The van der Waals surface area contributed by atoms with E-state index in [2.05, 4.69) is 5.32 Å². The third-order valence-corrected chi connectivity index (χ3v) is 8.23. The maximum Gasteiger partial charge on any atom is 0.264 e. The first-order valence-corrected chi connectivity index (χ1v) is 13.1. The third-order valence-electron chi connectivity index (χ3n) is 4.67. The zero-order chi connectivity index (χ0) is 23.1. The minimum atomic E-state index is -3.79.